The maximum absolute atomic E-state index is 13.0. The van der Waals surface area contributed by atoms with Crippen molar-refractivity contribution in [1.82, 2.24) is 9.88 Å². The van der Waals surface area contributed by atoms with Gasteiger partial charge < -0.3 is 9.88 Å². The highest BCUT2D eigenvalue weighted by Crippen LogP contribution is 2.09. The fourth-order valence-electron chi connectivity index (χ4n) is 3.06. The second kappa shape index (κ2) is 10.5. The Morgan fingerprint density at radius 2 is 1.62 bits per heavy atom. The van der Waals surface area contributed by atoms with E-state index in [1.165, 1.54) is 23.3 Å². The van der Waals surface area contributed by atoms with Gasteiger partial charge in [-0.2, -0.15) is 0 Å². The number of nitrogens with zero attached hydrogens (tertiary/aromatic N) is 1. The van der Waals surface area contributed by atoms with E-state index in [0.717, 1.165) is 37.1 Å². The van der Waals surface area contributed by atoms with E-state index >= 15 is 0 Å². The smallest absolute Gasteiger partial charge is 0.251 e. The molecule has 29 heavy (non-hydrogen) atoms. The van der Waals surface area contributed by atoms with E-state index in [9.17, 15) is 9.18 Å². The van der Waals surface area contributed by atoms with Gasteiger partial charge in [-0.25, -0.2) is 4.39 Å². The highest BCUT2D eigenvalue weighted by molar-refractivity contribution is 5.69. The van der Waals surface area contributed by atoms with Gasteiger partial charge in [-0.3, -0.25) is 4.79 Å². The third-order valence-electron chi connectivity index (χ3n) is 4.78. The van der Waals surface area contributed by atoms with Crippen molar-refractivity contribution < 1.29 is 4.39 Å². The Hall–Kier alpha value is -2.98. The Labute approximate surface area is 171 Å². The summed E-state index contributed by atoms with van der Waals surface area (Å²) >= 11 is 0. The fourth-order valence-corrected chi connectivity index (χ4v) is 3.06. The van der Waals surface area contributed by atoms with Gasteiger partial charge in [0, 0.05) is 25.4 Å². The van der Waals surface area contributed by atoms with Gasteiger partial charge in [0.15, 0.2) is 0 Å². The van der Waals surface area contributed by atoms with Crippen LogP contribution in [0.4, 0.5) is 4.39 Å². The number of hydrogen-bond donors (Lipinski definition) is 1. The molecular formula is C25H27FN2O. The molecule has 4 heteroatoms. The Balaban J connectivity index is 1.56. The van der Waals surface area contributed by atoms with Crippen LogP contribution in [-0.2, 0) is 19.5 Å². The van der Waals surface area contributed by atoms with Gasteiger partial charge >= 0.3 is 0 Å². The molecule has 0 aliphatic carbocycles. The molecule has 2 aromatic carbocycles. The summed E-state index contributed by atoms with van der Waals surface area (Å²) in [6.07, 6.45) is 7.51. The van der Waals surface area contributed by atoms with Crippen molar-refractivity contribution in [2.75, 3.05) is 6.54 Å². The molecule has 0 aliphatic heterocycles. The van der Waals surface area contributed by atoms with E-state index in [-0.39, 0.29) is 11.4 Å². The molecule has 3 rings (SSSR count). The first-order chi connectivity index (χ1) is 14.1. The van der Waals surface area contributed by atoms with Crippen molar-refractivity contribution in [2.45, 2.75) is 32.9 Å². The lowest BCUT2D eigenvalue weighted by Gasteiger charge is -2.08. The molecule has 0 saturated carbocycles. The molecule has 1 N–H and O–H groups in total. The zero-order valence-corrected chi connectivity index (χ0v) is 16.8. The summed E-state index contributed by atoms with van der Waals surface area (Å²) in [4.78, 5) is 12.4. The summed E-state index contributed by atoms with van der Waals surface area (Å²) < 4.78 is 14.7. The Kier molecular flexibility index (Phi) is 7.54. The number of aryl methyl sites for hydroxylation is 2. The van der Waals surface area contributed by atoms with Crippen molar-refractivity contribution in [3.63, 3.8) is 0 Å². The van der Waals surface area contributed by atoms with Gasteiger partial charge in [0.2, 0.25) is 0 Å². The number of benzene rings is 2. The van der Waals surface area contributed by atoms with Gasteiger partial charge in [0.05, 0.1) is 0 Å². The van der Waals surface area contributed by atoms with Crippen molar-refractivity contribution in [3.05, 3.63) is 105 Å². The third-order valence-corrected chi connectivity index (χ3v) is 4.78. The molecule has 0 amide bonds. The van der Waals surface area contributed by atoms with Crippen LogP contribution in [0.5, 0.6) is 0 Å². The van der Waals surface area contributed by atoms with Crippen LogP contribution in [0.3, 0.4) is 0 Å². The minimum Gasteiger partial charge on any atom is -0.315 e. The van der Waals surface area contributed by atoms with Gasteiger partial charge in [-0.15, -0.1) is 0 Å². The largest absolute Gasteiger partial charge is 0.315 e. The molecule has 1 heterocycles. The molecule has 0 spiro atoms. The molecule has 0 aliphatic rings. The second-order valence-corrected chi connectivity index (χ2v) is 7.12. The summed E-state index contributed by atoms with van der Waals surface area (Å²) in [6, 6.07) is 18.4. The van der Waals surface area contributed by atoms with Gasteiger partial charge in [0.25, 0.3) is 5.56 Å². The molecule has 3 aromatic rings. The maximum atomic E-state index is 13.0. The Morgan fingerprint density at radius 1 is 0.931 bits per heavy atom. The number of halogens is 1. The molecular weight excluding hydrogens is 363 g/mol. The van der Waals surface area contributed by atoms with Crippen molar-refractivity contribution in [3.8, 4) is 0 Å². The highest BCUT2D eigenvalue weighted by atomic mass is 19.1. The summed E-state index contributed by atoms with van der Waals surface area (Å²) in [7, 11) is 0. The molecule has 0 atom stereocenters. The molecule has 150 valence electrons. The summed E-state index contributed by atoms with van der Waals surface area (Å²) in [5, 5.41) is 3.40. The topological polar surface area (TPSA) is 34.0 Å². The lowest BCUT2D eigenvalue weighted by Crippen LogP contribution is -2.19. The van der Waals surface area contributed by atoms with E-state index in [4.69, 9.17) is 0 Å². The van der Waals surface area contributed by atoms with E-state index in [0.29, 0.717) is 6.54 Å². The summed E-state index contributed by atoms with van der Waals surface area (Å²) in [5.74, 6) is -0.257. The minimum absolute atomic E-state index is 0.0216. The van der Waals surface area contributed by atoms with Crippen LogP contribution >= 0.6 is 0 Å². The predicted octanol–water partition coefficient (Wildman–Crippen LogP) is 4.90. The quantitative estimate of drug-likeness (QED) is 0.527. The van der Waals surface area contributed by atoms with Crippen LogP contribution in [0, 0.1) is 5.82 Å². The Morgan fingerprint density at radius 3 is 2.31 bits per heavy atom. The van der Waals surface area contributed by atoms with Crippen molar-refractivity contribution in [1.29, 1.82) is 0 Å². The SMILES string of the molecule is CCCNCc1ccc(CCn2ccc(C=Cc3ccc(F)cc3)cc2=O)cc1. The van der Waals surface area contributed by atoms with E-state index < -0.39 is 0 Å². The average molecular weight is 391 g/mol. The lowest BCUT2D eigenvalue weighted by atomic mass is 10.1. The molecule has 0 fully saturated rings. The zero-order chi connectivity index (χ0) is 20.5. The van der Waals surface area contributed by atoms with Crippen LogP contribution in [0.1, 0.15) is 35.6 Å². The standard InChI is InChI=1S/C25H27FN2O/c1-2-15-27-19-23-7-4-21(5-8-23)13-16-28-17-14-22(18-25(28)29)6-3-20-9-11-24(26)12-10-20/h3-12,14,17-18,27H,2,13,15-16,19H2,1H3. The molecule has 0 unspecified atom stereocenters. The lowest BCUT2D eigenvalue weighted by molar-refractivity contribution is 0.628. The normalized spacial score (nSPS) is 11.2. The number of rotatable bonds is 9. The molecule has 0 radical (unpaired) electrons. The monoisotopic (exact) mass is 390 g/mol. The fraction of sp³-hybridized carbons (Fsp3) is 0.240. The van der Waals surface area contributed by atoms with Crippen molar-refractivity contribution in [2.24, 2.45) is 0 Å². The third kappa shape index (κ3) is 6.54. The first kappa shape index (κ1) is 20.7. The molecule has 0 bridgehead atoms. The van der Waals surface area contributed by atoms with Crippen molar-refractivity contribution >= 4 is 12.2 Å². The van der Waals surface area contributed by atoms with Crippen LogP contribution in [0.2, 0.25) is 0 Å². The first-order valence-electron chi connectivity index (χ1n) is 10.1. The van der Waals surface area contributed by atoms with Crippen LogP contribution in [-0.4, -0.2) is 11.1 Å². The van der Waals surface area contributed by atoms with Gasteiger partial charge in [0.1, 0.15) is 5.82 Å². The van der Waals surface area contributed by atoms with Gasteiger partial charge in [-0.05, 0) is 59.8 Å². The number of pyridine rings is 1. The average Bonchev–Trinajstić information content (AvgIpc) is 2.74. The van der Waals surface area contributed by atoms with Gasteiger partial charge in [-0.1, -0.05) is 55.5 Å². The summed E-state index contributed by atoms with van der Waals surface area (Å²) in [5.41, 5.74) is 4.20. The Bertz CT molecular complexity index is 989. The maximum Gasteiger partial charge on any atom is 0.251 e. The zero-order valence-electron chi connectivity index (χ0n) is 16.8. The second-order valence-electron chi connectivity index (χ2n) is 7.12. The van der Waals surface area contributed by atoms with Crippen LogP contribution in [0.25, 0.3) is 12.2 Å². The molecule has 0 saturated heterocycles. The van der Waals surface area contributed by atoms with E-state index in [1.807, 2.05) is 24.4 Å². The summed E-state index contributed by atoms with van der Waals surface area (Å²) in [6.45, 7) is 4.72. The highest BCUT2D eigenvalue weighted by Gasteiger charge is 2.00. The minimum atomic E-state index is -0.257. The first-order valence-corrected chi connectivity index (χ1v) is 10.1. The van der Waals surface area contributed by atoms with Crippen LogP contribution < -0.4 is 10.9 Å². The molecule has 1 aromatic heterocycles. The molecule has 3 nitrogen and oxygen atoms in total. The number of aromatic nitrogens is 1. The van der Waals surface area contributed by atoms with Crippen LogP contribution in [0.15, 0.2) is 71.7 Å². The number of nitrogens with one attached hydrogen (secondary N) is 1. The van der Waals surface area contributed by atoms with E-state index in [2.05, 4.69) is 36.5 Å². The predicted molar refractivity (Wildman–Crippen MR) is 118 cm³/mol. The number of hydrogen-bond acceptors (Lipinski definition) is 2. The van der Waals surface area contributed by atoms with E-state index in [1.54, 1.807) is 22.8 Å².